The normalized spacial score (nSPS) is 9.93. The van der Waals surface area contributed by atoms with Crippen molar-refractivity contribution in [2.75, 3.05) is 0 Å². The van der Waals surface area contributed by atoms with Gasteiger partial charge in [-0.3, -0.25) is 4.98 Å². The van der Waals surface area contributed by atoms with Crippen LogP contribution in [0.4, 0.5) is 0 Å². The second-order valence-corrected chi connectivity index (χ2v) is 3.34. The van der Waals surface area contributed by atoms with Gasteiger partial charge in [-0.05, 0) is 29.8 Å². The molecule has 0 bridgehead atoms. The van der Waals surface area contributed by atoms with Crippen molar-refractivity contribution >= 4 is 11.6 Å². The van der Waals surface area contributed by atoms with Crippen LogP contribution >= 0.6 is 11.6 Å². The molecule has 0 unspecified atom stereocenters. The molecule has 3 heteroatoms. The molecule has 1 heterocycles. The van der Waals surface area contributed by atoms with E-state index < -0.39 is 0 Å². The van der Waals surface area contributed by atoms with Crippen molar-refractivity contribution in [2.45, 2.75) is 5.88 Å². The van der Waals surface area contributed by atoms with Crippen LogP contribution in [0.15, 0.2) is 48.8 Å². The van der Waals surface area contributed by atoms with E-state index in [0.29, 0.717) is 5.88 Å². The topological polar surface area (TPSA) is 22.1 Å². The van der Waals surface area contributed by atoms with E-state index in [9.17, 15) is 0 Å². The van der Waals surface area contributed by atoms with Gasteiger partial charge in [-0.15, -0.1) is 11.6 Å². The van der Waals surface area contributed by atoms with E-state index in [0.717, 1.165) is 17.1 Å². The first kappa shape index (κ1) is 9.99. The van der Waals surface area contributed by atoms with E-state index in [1.807, 2.05) is 36.4 Å². The summed E-state index contributed by atoms with van der Waals surface area (Å²) in [6.07, 6.45) is 3.38. The minimum atomic E-state index is 0.490. The van der Waals surface area contributed by atoms with Crippen molar-refractivity contribution in [1.82, 2.24) is 4.98 Å². The average molecular weight is 220 g/mol. The van der Waals surface area contributed by atoms with Crippen molar-refractivity contribution in [3.05, 3.63) is 54.4 Å². The van der Waals surface area contributed by atoms with E-state index in [4.69, 9.17) is 16.3 Å². The lowest BCUT2D eigenvalue weighted by atomic mass is 10.2. The Hall–Kier alpha value is -1.54. The summed E-state index contributed by atoms with van der Waals surface area (Å²) >= 11 is 5.73. The summed E-state index contributed by atoms with van der Waals surface area (Å²) in [5, 5.41) is 0. The molecule has 2 nitrogen and oxygen atoms in total. The van der Waals surface area contributed by atoms with Crippen LogP contribution < -0.4 is 4.74 Å². The predicted molar refractivity (Wildman–Crippen MR) is 60.3 cm³/mol. The second kappa shape index (κ2) is 4.80. The van der Waals surface area contributed by atoms with Gasteiger partial charge in [-0.25, -0.2) is 0 Å². The van der Waals surface area contributed by atoms with Gasteiger partial charge in [-0.1, -0.05) is 12.1 Å². The van der Waals surface area contributed by atoms with Gasteiger partial charge in [0.25, 0.3) is 0 Å². The fourth-order valence-electron chi connectivity index (χ4n) is 1.24. The molecule has 0 N–H and O–H groups in total. The molecular weight excluding hydrogens is 210 g/mol. The number of hydrogen-bond acceptors (Lipinski definition) is 2. The molecule has 76 valence electrons. The van der Waals surface area contributed by atoms with Crippen LogP contribution in [-0.2, 0) is 5.88 Å². The van der Waals surface area contributed by atoms with E-state index >= 15 is 0 Å². The number of pyridine rings is 1. The highest BCUT2D eigenvalue weighted by atomic mass is 35.5. The third-order valence-electron chi connectivity index (χ3n) is 1.92. The second-order valence-electron chi connectivity index (χ2n) is 3.07. The van der Waals surface area contributed by atoms with Gasteiger partial charge in [0, 0.05) is 12.1 Å². The fourth-order valence-corrected chi connectivity index (χ4v) is 1.40. The summed E-state index contributed by atoms with van der Waals surface area (Å²) < 4.78 is 5.60. The molecule has 0 aliphatic rings. The Labute approximate surface area is 93.5 Å². The lowest BCUT2D eigenvalue weighted by Crippen LogP contribution is -1.86. The molecule has 0 saturated carbocycles. The van der Waals surface area contributed by atoms with E-state index in [1.54, 1.807) is 12.4 Å². The molecule has 0 aliphatic heterocycles. The standard InChI is InChI=1S/C12H10ClNO/c13-8-10-3-1-4-11(7-10)15-12-5-2-6-14-9-12/h1-7,9H,8H2. The molecule has 0 fully saturated rings. The summed E-state index contributed by atoms with van der Waals surface area (Å²) in [5.41, 5.74) is 1.04. The molecule has 2 rings (SSSR count). The molecule has 0 amide bonds. The van der Waals surface area contributed by atoms with Crippen molar-refractivity contribution in [2.24, 2.45) is 0 Å². The van der Waals surface area contributed by atoms with Crippen molar-refractivity contribution < 1.29 is 4.74 Å². The van der Waals surface area contributed by atoms with Gasteiger partial charge in [0.15, 0.2) is 0 Å². The van der Waals surface area contributed by atoms with Crippen molar-refractivity contribution in [1.29, 1.82) is 0 Å². The monoisotopic (exact) mass is 219 g/mol. The number of benzene rings is 1. The average Bonchev–Trinajstić information content (AvgIpc) is 2.31. The largest absolute Gasteiger partial charge is 0.456 e. The van der Waals surface area contributed by atoms with E-state index in [1.165, 1.54) is 0 Å². The van der Waals surface area contributed by atoms with E-state index in [2.05, 4.69) is 4.98 Å². The minimum Gasteiger partial charge on any atom is -0.456 e. The quantitative estimate of drug-likeness (QED) is 0.736. The molecule has 0 aliphatic carbocycles. The number of ether oxygens (including phenoxy) is 1. The molecule has 0 spiro atoms. The zero-order chi connectivity index (χ0) is 10.5. The van der Waals surface area contributed by atoms with Crippen molar-refractivity contribution in [3.63, 3.8) is 0 Å². The smallest absolute Gasteiger partial charge is 0.145 e. The maximum Gasteiger partial charge on any atom is 0.145 e. The molecule has 1 aromatic carbocycles. The van der Waals surface area contributed by atoms with Crippen molar-refractivity contribution in [3.8, 4) is 11.5 Å². The first-order valence-corrected chi connectivity index (χ1v) is 5.15. The Morgan fingerprint density at radius 1 is 1.13 bits per heavy atom. The van der Waals surface area contributed by atoms with Crippen LogP contribution in [-0.4, -0.2) is 4.98 Å². The summed E-state index contributed by atoms with van der Waals surface area (Å²) in [4.78, 5) is 3.97. The van der Waals surface area contributed by atoms with E-state index in [-0.39, 0.29) is 0 Å². The lowest BCUT2D eigenvalue weighted by molar-refractivity contribution is 0.480. The molecule has 0 radical (unpaired) electrons. The number of halogens is 1. The third kappa shape index (κ3) is 2.70. The molecule has 15 heavy (non-hydrogen) atoms. The summed E-state index contributed by atoms with van der Waals surface area (Å²) in [6, 6.07) is 11.4. The van der Waals surface area contributed by atoms with Crippen LogP contribution in [0.3, 0.4) is 0 Å². The lowest BCUT2D eigenvalue weighted by Gasteiger charge is -2.05. The van der Waals surface area contributed by atoms with Crippen LogP contribution in [0.2, 0.25) is 0 Å². The van der Waals surface area contributed by atoms with Crippen LogP contribution in [0.1, 0.15) is 5.56 Å². The van der Waals surface area contributed by atoms with Crippen LogP contribution in [0.25, 0.3) is 0 Å². The highest BCUT2D eigenvalue weighted by molar-refractivity contribution is 6.17. The number of hydrogen-bond donors (Lipinski definition) is 0. The predicted octanol–water partition coefficient (Wildman–Crippen LogP) is 3.61. The number of aromatic nitrogens is 1. The molecule has 1 aromatic heterocycles. The van der Waals surface area contributed by atoms with Gasteiger partial charge < -0.3 is 4.74 Å². The highest BCUT2D eigenvalue weighted by Gasteiger charge is 1.97. The molecular formula is C12H10ClNO. The SMILES string of the molecule is ClCc1cccc(Oc2cccnc2)c1. The Morgan fingerprint density at radius 2 is 2.00 bits per heavy atom. The Morgan fingerprint density at radius 3 is 2.73 bits per heavy atom. The summed E-state index contributed by atoms with van der Waals surface area (Å²) in [6.45, 7) is 0. The zero-order valence-electron chi connectivity index (χ0n) is 8.06. The van der Waals surface area contributed by atoms with Gasteiger partial charge in [0.05, 0.1) is 6.20 Å². The minimum absolute atomic E-state index is 0.490. The van der Waals surface area contributed by atoms with Crippen LogP contribution in [0.5, 0.6) is 11.5 Å². The number of rotatable bonds is 3. The highest BCUT2D eigenvalue weighted by Crippen LogP contribution is 2.21. The number of nitrogens with zero attached hydrogens (tertiary/aromatic N) is 1. The maximum atomic E-state index is 5.73. The molecule has 0 saturated heterocycles. The Balaban J connectivity index is 2.17. The first-order valence-electron chi connectivity index (χ1n) is 4.61. The van der Waals surface area contributed by atoms with Crippen LogP contribution in [0, 0.1) is 0 Å². The summed E-state index contributed by atoms with van der Waals surface area (Å²) in [5.74, 6) is 2.00. The third-order valence-corrected chi connectivity index (χ3v) is 2.23. The number of alkyl halides is 1. The zero-order valence-corrected chi connectivity index (χ0v) is 8.82. The molecule has 0 atom stereocenters. The summed E-state index contributed by atoms with van der Waals surface area (Å²) in [7, 11) is 0. The Kier molecular flexibility index (Phi) is 3.20. The van der Waals surface area contributed by atoms with Gasteiger partial charge >= 0.3 is 0 Å². The van der Waals surface area contributed by atoms with Gasteiger partial charge in [0.2, 0.25) is 0 Å². The fraction of sp³-hybridized carbons (Fsp3) is 0.0833. The maximum absolute atomic E-state index is 5.73. The Bertz CT molecular complexity index is 431. The first-order chi connectivity index (χ1) is 7.38. The van der Waals surface area contributed by atoms with Gasteiger partial charge in [-0.2, -0.15) is 0 Å². The molecule has 2 aromatic rings. The van der Waals surface area contributed by atoms with Gasteiger partial charge in [0.1, 0.15) is 11.5 Å².